The van der Waals surface area contributed by atoms with Crippen molar-refractivity contribution < 1.29 is 19.1 Å². The zero-order valence-electron chi connectivity index (χ0n) is 14.4. The highest BCUT2D eigenvalue weighted by atomic mass is 35.5. The largest absolute Gasteiger partial charge is 0.482 e. The lowest BCUT2D eigenvalue weighted by atomic mass is 10.1. The summed E-state index contributed by atoms with van der Waals surface area (Å²) in [7, 11) is 0. The molecule has 5 nitrogen and oxygen atoms in total. The van der Waals surface area contributed by atoms with E-state index in [2.05, 4.69) is 5.32 Å². The van der Waals surface area contributed by atoms with Gasteiger partial charge in [-0.05, 0) is 43.2 Å². The number of aryl methyl sites for hydroxylation is 1. The molecule has 26 heavy (non-hydrogen) atoms. The second kappa shape index (κ2) is 9.46. The minimum absolute atomic E-state index is 0.267. The van der Waals surface area contributed by atoms with Gasteiger partial charge in [0.2, 0.25) is 0 Å². The van der Waals surface area contributed by atoms with Crippen molar-refractivity contribution in [2.24, 2.45) is 0 Å². The number of ether oxygens (including phenoxy) is 2. The number of benzene rings is 2. The van der Waals surface area contributed by atoms with Crippen molar-refractivity contribution in [3.8, 4) is 5.75 Å². The Hall–Kier alpha value is -2.24. The highest BCUT2D eigenvalue weighted by Crippen LogP contribution is 2.26. The molecule has 0 heterocycles. The van der Waals surface area contributed by atoms with Crippen LogP contribution in [0.2, 0.25) is 10.0 Å². The van der Waals surface area contributed by atoms with Crippen LogP contribution in [0.15, 0.2) is 42.5 Å². The van der Waals surface area contributed by atoms with Gasteiger partial charge in [0, 0.05) is 10.0 Å². The number of esters is 1. The number of amides is 1. The molecule has 0 saturated carbocycles. The zero-order chi connectivity index (χ0) is 19.1. The van der Waals surface area contributed by atoms with E-state index in [0.717, 1.165) is 11.1 Å². The maximum Gasteiger partial charge on any atom is 0.344 e. The molecular formula is C19H19Cl2NO4. The van der Waals surface area contributed by atoms with E-state index in [0.29, 0.717) is 15.8 Å². The first kappa shape index (κ1) is 20.1. The lowest BCUT2D eigenvalue weighted by molar-refractivity contribution is -0.150. The fourth-order valence-corrected chi connectivity index (χ4v) is 2.83. The van der Waals surface area contributed by atoms with Crippen LogP contribution in [0.3, 0.4) is 0 Å². The average molecular weight is 396 g/mol. The van der Waals surface area contributed by atoms with Crippen LogP contribution in [0.5, 0.6) is 5.75 Å². The monoisotopic (exact) mass is 395 g/mol. The maximum atomic E-state index is 11.9. The number of rotatable bonds is 7. The number of nitrogens with one attached hydrogen (secondary N) is 1. The molecule has 7 heteroatoms. The summed E-state index contributed by atoms with van der Waals surface area (Å²) >= 11 is 12.0. The molecule has 0 aliphatic carbocycles. The summed E-state index contributed by atoms with van der Waals surface area (Å²) in [5, 5.41) is 3.68. The van der Waals surface area contributed by atoms with Crippen LogP contribution >= 0.6 is 23.2 Å². The van der Waals surface area contributed by atoms with Crippen LogP contribution in [0.25, 0.3) is 0 Å². The third kappa shape index (κ3) is 5.93. The van der Waals surface area contributed by atoms with Gasteiger partial charge < -0.3 is 14.8 Å². The minimum Gasteiger partial charge on any atom is -0.482 e. The van der Waals surface area contributed by atoms with Crippen molar-refractivity contribution in [3.05, 3.63) is 63.6 Å². The molecule has 0 saturated heterocycles. The summed E-state index contributed by atoms with van der Waals surface area (Å²) in [6.07, 6.45) is 0. The molecule has 0 bridgehead atoms. The van der Waals surface area contributed by atoms with Crippen molar-refractivity contribution in [2.45, 2.75) is 19.9 Å². The summed E-state index contributed by atoms with van der Waals surface area (Å²) in [5.41, 5.74) is 1.63. The molecule has 0 spiro atoms. The van der Waals surface area contributed by atoms with Crippen LogP contribution in [-0.4, -0.2) is 25.1 Å². The molecule has 1 amide bonds. The molecule has 0 aromatic heterocycles. The summed E-state index contributed by atoms with van der Waals surface area (Å²) < 4.78 is 10.3. The first-order valence-electron chi connectivity index (χ1n) is 7.95. The predicted molar refractivity (Wildman–Crippen MR) is 101 cm³/mol. The number of hydrogen-bond donors (Lipinski definition) is 1. The third-order valence-corrected chi connectivity index (χ3v) is 4.17. The standard InChI is InChI=1S/C19H19Cl2NO4/c1-12-5-3-4-6-17(12)25-11-19(24)26-10-18(23)22-13(2)15-8-7-14(20)9-16(15)21/h3-9,13H,10-11H2,1-2H3,(H,22,23)/t13-/m1/s1. The second-order valence-corrected chi connectivity index (χ2v) is 6.51. The van der Waals surface area contributed by atoms with Gasteiger partial charge in [-0.1, -0.05) is 47.5 Å². The van der Waals surface area contributed by atoms with Gasteiger partial charge in [-0.3, -0.25) is 4.79 Å². The fourth-order valence-electron chi connectivity index (χ4n) is 2.26. The number of para-hydroxylation sites is 1. The van der Waals surface area contributed by atoms with Gasteiger partial charge in [-0.15, -0.1) is 0 Å². The fraction of sp³-hybridized carbons (Fsp3) is 0.263. The van der Waals surface area contributed by atoms with E-state index >= 15 is 0 Å². The van der Waals surface area contributed by atoms with Gasteiger partial charge >= 0.3 is 5.97 Å². The summed E-state index contributed by atoms with van der Waals surface area (Å²) in [4.78, 5) is 23.7. The minimum atomic E-state index is -0.624. The van der Waals surface area contributed by atoms with E-state index in [-0.39, 0.29) is 12.6 Å². The molecular weight excluding hydrogens is 377 g/mol. The van der Waals surface area contributed by atoms with E-state index in [1.54, 1.807) is 31.2 Å². The Morgan fingerprint density at radius 1 is 1.12 bits per heavy atom. The second-order valence-electron chi connectivity index (χ2n) is 5.67. The molecule has 1 N–H and O–H groups in total. The van der Waals surface area contributed by atoms with Gasteiger partial charge in [0.1, 0.15) is 5.75 Å². The molecule has 0 unspecified atom stereocenters. The molecule has 138 valence electrons. The van der Waals surface area contributed by atoms with Crippen molar-refractivity contribution in [1.29, 1.82) is 0 Å². The molecule has 0 aliphatic heterocycles. The number of hydrogen-bond acceptors (Lipinski definition) is 4. The normalized spacial score (nSPS) is 11.5. The topological polar surface area (TPSA) is 64.6 Å². The van der Waals surface area contributed by atoms with Gasteiger partial charge in [-0.2, -0.15) is 0 Å². The Morgan fingerprint density at radius 3 is 2.54 bits per heavy atom. The molecule has 0 radical (unpaired) electrons. The Bertz CT molecular complexity index is 795. The first-order valence-corrected chi connectivity index (χ1v) is 8.70. The Balaban J connectivity index is 1.77. The van der Waals surface area contributed by atoms with E-state index in [1.807, 2.05) is 25.1 Å². The van der Waals surface area contributed by atoms with Crippen molar-refractivity contribution in [1.82, 2.24) is 5.32 Å². The van der Waals surface area contributed by atoms with Gasteiger partial charge in [0.05, 0.1) is 6.04 Å². The van der Waals surface area contributed by atoms with Crippen LogP contribution < -0.4 is 10.1 Å². The van der Waals surface area contributed by atoms with Gasteiger partial charge in [0.15, 0.2) is 13.2 Å². The molecule has 2 aromatic carbocycles. The molecule has 0 fully saturated rings. The highest BCUT2D eigenvalue weighted by molar-refractivity contribution is 6.35. The Labute approximate surface area is 162 Å². The molecule has 2 rings (SSSR count). The summed E-state index contributed by atoms with van der Waals surface area (Å²) in [6, 6.07) is 12.0. The van der Waals surface area contributed by atoms with Gasteiger partial charge in [0.25, 0.3) is 5.91 Å². The number of carbonyl (C=O) groups is 2. The van der Waals surface area contributed by atoms with Crippen molar-refractivity contribution in [2.75, 3.05) is 13.2 Å². The molecule has 0 aliphatic rings. The van der Waals surface area contributed by atoms with E-state index in [4.69, 9.17) is 32.7 Å². The quantitative estimate of drug-likeness (QED) is 0.716. The smallest absolute Gasteiger partial charge is 0.344 e. The first-order chi connectivity index (χ1) is 12.4. The van der Waals surface area contributed by atoms with E-state index < -0.39 is 18.5 Å². The summed E-state index contributed by atoms with van der Waals surface area (Å²) in [6.45, 7) is 2.98. The van der Waals surface area contributed by atoms with E-state index in [9.17, 15) is 9.59 Å². The van der Waals surface area contributed by atoms with Crippen LogP contribution in [0, 0.1) is 6.92 Å². The highest BCUT2D eigenvalue weighted by Gasteiger charge is 2.15. The van der Waals surface area contributed by atoms with Crippen molar-refractivity contribution in [3.63, 3.8) is 0 Å². The molecule has 1 atom stereocenters. The lowest BCUT2D eigenvalue weighted by Crippen LogP contribution is -2.32. The van der Waals surface area contributed by atoms with Crippen LogP contribution in [0.4, 0.5) is 0 Å². The van der Waals surface area contributed by atoms with Crippen LogP contribution in [-0.2, 0) is 14.3 Å². The Morgan fingerprint density at radius 2 is 1.85 bits per heavy atom. The number of carbonyl (C=O) groups excluding carboxylic acids is 2. The Kier molecular flexibility index (Phi) is 7.30. The molecule has 2 aromatic rings. The summed E-state index contributed by atoms with van der Waals surface area (Å²) in [5.74, 6) is -0.465. The number of halogens is 2. The average Bonchev–Trinajstić information content (AvgIpc) is 2.59. The van der Waals surface area contributed by atoms with E-state index in [1.165, 1.54) is 0 Å². The van der Waals surface area contributed by atoms with Gasteiger partial charge in [-0.25, -0.2) is 4.79 Å². The third-order valence-electron chi connectivity index (χ3n) is 3.61. The maximum absolute atomic E-state index is 11.9. The predicted octanol–water partition coefficient (Wildman–Crippen LogP) is 4.10. The SMILES string of the molecule is Cc1ccccc1OCC(=O)OCC(=O)N[C@H](C)c1ccc(Cl)cc1Cl. The lowest BCUT2D eigenvalue weighted by Gasteiger charge is -2.16. The van der Waals surface area contributed by atoms with Crippen molar-refractivity contribution >= 4 is 35.1 Å². The zero-order valence-corrected chi connectivity index (χ0v) is 15.9. The van der Waals surface area contributed by atoms with Crippen LogP contribution in [0.1, 0.15) is 24.1 Å².